The average Bonchev–Trinajstić information content (AvgIpc) is 2.23. The van der Waals surface area contributed by atoms with Crippen LogP contribution in [-0.2, 0) is 4.74 Å². The van der Waals surface area contributed by atoms with Crippen LogP contribution in [0.1, 0.15) is 38.1 Å². The smallest absolute Gasteiger partial charge is 0.224 e. The molecule has 17 heavy (non-hydrogen) atoms. The zero-order valence-corrected chi connectivity index (χ0v) is 10.8. The lowest BCUT2D eigenvalue weighted by molar-refractivity contribution is -0.0169. The molecule has 0 spiro atoms. The van der Waals surface area contributed by atoms with Crippen LogP contribution in [0.25, 0.3) is 0 Å². The summed E-state index contributed by atoms with van der Waals surface area (Å²) in [6.07, 6.45) is 1.60. The van der Waals surface area contributed by atoms with Gasteiger partial charge in [-0.05, 0) is 39.8 Å². The van der Waals surface area contributed by atoms with Gasteiger partial charge in [0.1, 0.15) is 6.61 Å². The Morgan fingerprint density at radius 1 is 1.35 bits per heavy atom. The van der Waals surface area contributed by atoms with Crippen LogP contribution in [0.5, 0.6) is 5.88 Å². The van der Waals surface area contributed by atoms with Crippen LogP contribution in [0.4, 0.5) is 0 Å². The number of ketones is 1. The van der Waals surface area contributed by atoms with Crippen molar-refractivity contribution in [1.29, 1.82) is 0 Å². The van der Waals surface area contributed by atoms with E-state index in [1.165, 1.54) is 6.92 Å². The highest BCUT2D eigenvalue weighted by Crippen LogP contribution is 2.15. The first kappa shape index (κ1) is 13.6. The van der Waals surface area contributed by atoms with Crippen molar-refractivity contribution in [3.8, 4) is 5.88 Å². The van der Waals surface area contributed by atoms with E-state index in [0.29, 0.717) is 24.7 Å². The molecule has 0 atom stereocenters. The van der Waals surface area contributed by atoms with Crippen LogP contribution in [0.2, 0.25) is 0 Å². The van der Waals surface area contributed by atoms with Crippen molar-refractivity contribution < 1.29 is 14.3 Å². The first-order chi connectivity index (χ1) is 7.90. The van der Waals surface area contributed by atoms with E-state index in [1.54, 1.807) is 18.3 Å². The van der Waals surface area contributed by atoms with E-state index in [2.05, 4.69) is 4.98 Å². The molecule has 4 nitrogen and oxygen atoms in total. The van der Waals surface area contributed by atoms with Gasteiger partial charge in [0, 0.05) is 6.20 Å². The quantitative estimate of drug-likeness (QED) is 0.583. The van der Waals surface area contributed by atoms with E-state index < -0.39 is 0 Å². The van der Waals surface area contributed by atoms with Gasteiger partial charge in [-0.3, -0.25) is 4.79 Å². The summed E-state index contributed by atoms with van der Waals surface area (Å²) < 4.78 is 11.0. The summed E-state index contributed by atoms with van der Waals surface area (Å²) in [5, 5.41) is 0. The van der Waals surface area contributed by atoms with E-state index in [-0.39, 0.29) is 11.4 Å². The minimum atomic E-state index is -0.184. The fourth-order valence-electron chi connectivity index (χ4n) is 1.26. The van der Waals surface area contributed by atoms with Gasteiger partial charge < -0.3 is 9.47 Å². The zero-order valence-electron chi connectivity index (χ0n) is 10.8. The van der Waals surface area contributed by atoms with Gasteiger partial charge in [-0.2, -0.15) is 0 Å². The first-order valence-electron chi connectivity index (χ1n) is 5.63. The maximum absolute atomic E-state index is 11.3. The number of ether oxygens (including phenoxy) is 2. The molecule has 0 fully saturated rings. The van der Waals surface area contributed by atoms with Gasteiger partial charge in [-0.15, -0.1) is 0 Å². The molecule has 0 radical (unpaired) electrons. The first-order valence-corrected chi connectivity index (χ1v) is 5.63. The minimum Gasteiger partial charge on any atom is -0.475 e. The molecule has 94 valence electrons. The Bertz CT molecular complexity index is 382. The Labute approximate surface area is 102 Å². The molecule has 0 aliphatic rings. The molecule has 1 heterocycles. The molecule has 0 saturated carbocycles. The average molecular weight is 237 g/mol. The molecule has 0 aliphatic heterocycles. The molecule has 1 aromatic rings. The molecule has 0 aliphatic carbocycles. The molecule has 1 aromatic heterocycles. The molecule has 4 heteroatoms. The van der Waals surface area contributed by atoms with E-state index in [1.807, 2.05) is 20.8 Å². The van der Waals surface area contributed by atoms with Crippen LogP contribution in [0.15, 0.2) is 18.3 Å². The second-order valence-electron chi connectivity index (χ2n) is 4.72. The highest BCUT2D eigenvalue weighted by atomic mass is 16.5. The lowest BCUT2D eigenvalue weighted by Gasteiger charge is -2.19. The molecule has 0 aromatic carbocycles. The van der Waals surface area contributed by atoms with Gasteiger partial charge >= 0.3 is 0 Å². The highest BCUT2D eigenvalue weighted by molar-refractivity contribution is 5.96. The molecule has 0 unspecified atom stereocenters. The summed E-state index contributed by atoms with van der Waals surface area (Å²) in [4.78, 5) is 15.3. The lowest BCUT2D eigenvalue weighted by Crippen LogP contribution is -2.22. The number of Topliss-reactive ketones (excluding diaryl/α,β-unsaturated/α-hetero) is 1. The summed E-state index contributed by atoms with van der Waals surface area (Å²) in [5.41, 5.74) is 0.319. The number of aromatic nitrogens is 1. The second kappa shape index (κ2) is 5.77. The molecular weight excluding hydrogens is 218 g/mol. The predicted octanol–water partition coefficient (Wildman–Crippen LogP) is 2.48. The summed E-state index contributed by atoms with van der Waals surface area (Å²) in [6, 6.07) is 3.42. The predicted molar refractivity (Wildman–Crippen MR) is 65.4 cm³/mol. The normalized spacial score (nSPS) is 11.3. The fourth-order valence-corrected chi connectivity index (χ4v) is 1.26. The number of carbonyl (C=O) groups is 1. The molecule has 0 amide bonds. The number of rotatable bonds is 5. The third-order valence-corrected chi connectivity index (χ3v) is 2.01. The largest absolute Gasteiger partial charge is 0.475 e. The summed E-state index contributed by atoms with van der Waals surface area (Å²) in [6.45, 7) is 8.29. The molecule has 1 rings (SSSR count). The number of nitrogens with zero attached hydrogens (tertiary/aromatic N) is 1. The van der Waals surface area contributed by atoms with Crippen molar-refractivity contribution in [3.63, 3.8) is 0 Å². The van der Waals surface area contributed by atoms with Gasteiger partial charge in [0.25, 0.3) is 0 Å². The van der Waals surface area contributed by atoms with E-state index >= 15 is 0 Å². The maximum atomic E-state index is 11.3. The monoisotopic (exact) mass is 237 g/mol. The SMILES string of the molecule is CC(=O)c1cccnc1OCCOC(C)(C)C. The standard InChI is InChI=1S/C13H19NO3/c1-10(15)11-6-5-7-14-12(11)16-8-9-17-13(2,3)4/h5-7H,8-9H2,1-4H3. The van der Waals surface area contributed by atoms with E-state index in [4.69, 9.17) is 9.47 Å². The summed E-state index contributed by atoms with van der Waals surface area (Å²) in [5.74, 6) is 0.322. The van der Waals surface area contributed by atoms with Crippen LogP contribution < -0.4 is 4.74 Å². The Morgan fingerprint density at radius 3 is 2.65 bits per heavy atom. The second-order valence-corrected chi connectivity index (χ2v) is 4.72. The zero-order chi connectivity index (χ0) is 12.9. The number of hydrogen-bond donors (Lipinski definition) is 0. The number of carbonyl (C=O) groups excluding carboxylic acids is 1. The highest BCUT2D eigenvalue weighted by Gasteiger charge is 2.11. The number of pyridine rings is 1. The minimum absolute atomic E-state index is 0.0511. The van der Waals surface area contributed by atoms with Crippen molar-refractivity contribution in [1.82, 2.24) is 4.98 Å². The Hall–Kier alpha value is -1.42. The third-order valence-electron chi connectivity index (χ3n) is 2.01. The summed E-state index contributed by atoms with van der Waals surface area (Å²) >= 11 is 0. The Balaban J connectivity index is 2.49. The van der Waals surface area contributed by atoms with Crippen molar-refractivity contribution in [2.45, 2.75) is 33.3 Å². The van der Waals surface area contributed by atoms with Crippen LogP contribution >= 0.6 is 0 Å². The van der Waals surface area contributed by atoms with Crippen molar-refractivity contribution >= 4 is 5.78 Å². The van der Waals surface area contributed by atoms with Crippen LogP contribution in [0.3, 0.4) is 0 Å². The van der Waals surface area contributed by atoms with Crippen molar-refractivity contribution in [2.24, 2.45) is 0 Å². The molecular formula is C13H19NO3. The van der Waals surface area contributed by atoms with Crippen molar-refractivity contribution in [2.75, 3.05) is 13.2 Å². The Kier molecular flexibility index (Phi) is 4.63. The van der Waals surface area contributed by atoms with Gasteiger partial charge in [0.05, 0.1) is 17.8 Å². The lowest BCUT2D eigenvalue weighted by atomic mass is 10.2. The molecule has 0 saturated heterocycles. The van der Waals surface area contributed by atoms with Gasteiger partial charge in [-0.25, -0.2) is 4.98 Å². The third kappa shape index (κ3) is 4.95. The van der Waals surface area contributed by atoms with E-state index in [9.17, 15) is 4.79 Å². The summed E-state index contributed by atoms with van der Waals surface area (Å²) in [7, 11) is 0. The van der Waals surface area contributed by atoms with Gasteiger partial charge in [-0.1, -0.05) is 0 Å². The van der Waals surface area contributed by atoms with Crippen LogP contribution in [-0.4, -0.2) is 29.6 Å². The van der Waals surface area contributed by atoms with Gasteiger partial charge in [0.15, 0.2) is 5.78 Å². The topological polar surface area (TPSA) is 48.4 Å². The molecule has 0 N–H and O–H groups in total. The van der Waals surface area contributed by atoms with E-state index in [0.717, 1.165) is 0 Å². The van der Waals surface area contributed by atoms with Crippen molar-refractivity contribution in [3.05, 3.63) is 23.9 Å². The fraction of sp³-hybridized carbons (Fsp3) is 0.538. The maximum Gasteiger partial charge on any atom is 0.224 e. The number of hydrogen-bond acceptors (Lipinski definition) is 4. The molecule has 0 bridgehead atoms. The van der Waals surface area contributed by atoms with Crippen LogP contribution in [0, 0.1) is 0 Å². The van der Waals surface area contributed by atoms with Gasteiger partial charge in [0.2, 0.25) is 5.88 Å². The Morgan fingerprint density at radius 2 is 2.06 bits per heavy atom.